The fraction of sp³-hybridized carbons (Fsp3) is 0.500. The third kappa shape index (κ3) is 2.03. The van der Waals surface area contributed by atoms with Gasteiger partial charge in [0.05, 0.1) is 20.8 Å². The minimum Gasteiger partial charge on any atom is -0.338 e. The van der Waals surface area contributed by atoms with Crippen LogP contribution in [0.1, 0.15) is 6.42 Å². The molecule has 15 heavy (non-hydrogen) atoms. The van der Waals surface area contributed by atoms with Crippen LogP contribution in [0, 0.1) is 5.92 Å². The summed E-state index contributed by atoms with van der Waals surface area (Å²) in [5, 5.41) is 0. The quantitative estimate of drug-likeness (QED) is 0.520. The van der Waals surface area contributed by atoms with Crippen molar-refractivity contribution in [2.24, 2.45) is 10.9 Å². The predicted molar refractivity (Wildman–Crippen MR) is 52.8 cm³/mol. The summed E-state index contributed by atoms with van der Waals surface area (Å²) in [5.74, 6) is 1.48. The minimum atomic E-state index is 0.305. The van der Waals surface area contributed by atoms with Gasteiger partial charge in [0.25, 0.3) is 0 Å². The molecule has 82 valence electrons. The summed E-state index contributed by atoms with van der Waals surface area (Å²) in [6, 6.07) is 0. The van der Waals surface area contributed by atoms with Gasteiger partial charge in [0, 0.05) is 18.6 Å². The van der Waals surface area contributed by atoms with E-state index in [0.717, 1.165) is 6.54 Å². The topological polar surface area (TPSA) is 49.3 Å². The summed E-state index contributed by atoms with van der Waals surface area (Å²) >= 11 is 0. The molecule has 0 radical (unpaired) electrons. The van der Waals surface area contributed by atoms with E-state index in [2.05, 4.69) is 14.8 Å². The summed E-state index contributed by atoms with van der Waals surface area (Å²) < 4.78 is 0. The van der Waals surface area contributed by atoms with E-state index in [9.17, 15) is 0 Å². The molecule has 0 aromatic heterocycles. The normalized spacial score (nSPS) is 23.9. The maximum absolute atomic E-state index is 5.02. The lowest BCUT2D eigenvalue weighted by Gasteiger charge is -2.19. The van der Waals surface area contributed by atoms with Crippen LogP contribution in [0.4, 0.5) is 0 Å². The highest BCUT2D eigenvalue weighted by Crippen LogP contribution is 2.32. The fourth-order valence-electron chi connectivity index (χ4n) is 1.72. The van der Waals surface area contributed by atoms with Crippen LogP contribution in [0.5, 0.6) is 0 Å². The smallest absolute Gasteiger partial charge is 0.207 e. The molecule has 5 heteroatoms. The first-order valence-electron chi connectivity index (χ1n) is 4.70. The van der Waals surface area contributed by atoms with Crippen molar-refractivity contribution in [2.75, 3.05) is 20.8 Å². The molecule has 5 nitrogen and oxygen atoms in total. The molecule has 0 saturated carbocycles. The fourth-order valence-corrected chi connectivity index (χ4v) is 1.72. The van der Waals surface area contributed by atoms with Crippen LogP contribution in [0.25, 0.3) is 0 Å². The Hall–Kier alpha value is -1.33. The molecule has 0 bridgehead atoms. The van der Waals surface area contributed by atoms with Crippen molar-refractivity contribution in [1.29, 1.82) is 0 Å². The maximum Gasteiger partial charge on any atom is 0.207 e. The highest BCUT2D eigenvalue weighted by molar-refractivity contribution is 5.70. The first-order valence-corrected chi connectivity index (χ1v) is 4.70. The van der Waals surface area contributed by atoms with Crippen LogP contribution in [0.3, 0.4) is 0 Å². The monoisotopic (exact) mass is 211 g/mol. The zero-order valence-corrected chi connectivity index (χ0v) is 8.73. The Morgan fingerprint density at radius 2 is 2.07 bits per heavy atom. The standard InChI is InChI=1S/C10H13NO4/c1-12-14-9-3-7-5-11-6-8(7)4-10(9)15-13-2/h3,6,8H,4-5H2,1-2H3. The Bertz CT molecular complexity index is 332. The Balaban J connectivity index is 2.19. The second-order valence-electron chi connectivity index (χ2n) is 3.31. The zero-order valence-electron chi connectivity index (χ0n) is 8.73. The molecule has 1 aliphatic carbocycles. The van der Waals surface area contributed by atoms with Gasteiger partial charge in [0.1, 0.15) is 0 Å². The number of nitrogens with zero attached hydrogens (tertiary/aromatic N) is 1. The van der Waals surface area contributed by atoms with Gasteiger partial charge >= 0.3 is 0 Å². The molecule has 0 amide bonds. The molecule has 0 spiro atoms. The molecule has 0 aromatic rings. The zero-order chi connectivity index (χ0) is 10.7. The molecule has 1 atom stereocenters. The van der Waals surface area contributed by atoms with Crippen molar-refractivity contribution in [3.8, 4) is 0 Å². The first kappa shape index (κ1) is 10.2. The third-order valence-electron chi connectivity index (χ3n) is 2.39. The van der Waals surface area contributed by atoms with Crippen LogP contribution in [-0.4, -0.2) is 27.0 Å². The van der Waals surface area contributed by atoms with Crippen molar-refractivity contribution in [1.82, 2.24) is 0 Å². The molecular weight excluding hydrogens is 198 g/mol. The second kappa shape index (κ2) is 4.46. The van der Waals surface area contributed by atoms with Gasteiger partial charge in [0.2, 0.25) is 5.76 Å². The average molecular weight is 211 g/mol. The predicted octanol–water partition coefficient (Wildman–Crippen LogP) is 1.38. The largest absolute Gasteiger partial charge is 0.338 e. The first-order chi connectivity index (χ1) is 7.35. The summed E-state index contributed by atoms with van der Waals surface area (Å²) in [6.07, 6.45) is 4.51. The van der Waals surface area contributed by atoms with E-state index in [4.69, 9.17) is 9.78 Å². The van der Waals surface area contributed by atoms with Crippen LogP contribution < -0.4 is 0 Å². The van der Waals surface area contributed by atoms with Crippen molar-refractivity contribution in [2.45, 2.75) is 6.42 Å². The number of allylic oxidation sites excluding steroid dienone is 2. The lowest BCUT2D eigenvalue weighted by molar-refractivity contribution is -0.265. The SMILES string of the molecule is COOC1=C(OOC)CC2C=NCC2=C1. The van der Waals surface area contributed by atoms with E-state index in [1.165, 1.54) is 19.8 Å². The van der Waals surface area contributed by atoms with Gasteiger partial charge in [-0.15, -0.1) is 0 Å². The minimum absolute atomic E-state index is 0.305. The van der Waals surface area contributed by atoms with E-state index in [1.54, 1.807) is 0 Å². The molecule has 1 unspecified atom stereocenters. The summed E-state index contributed by atoms with van der Waals surface area (Å²) in [7, 11) is 2.91. The molecule has 1 heterocycles. The van der Waals surface area contributed by atoms with E-state index in [-0.39, 0.29) is 0 Å². The van der Waals surface area contributed by atoms with E-state index in [1.807, 2.05) is 12.3 Å². The summed E-state index contributed by atoms with van der Waals surface area (Å²) in [5.41, 5.74) is 1.21. The lowest BCUT2D eigenvalue weighted by atomic mass is 9.93. The molecule has 0 N–H and O–H groups in total. The molecule has 0 fully saturated rings. The van der Waals surface area contributed by atoms with Gasteiger partial charge in [-0.05, 0) is 11.6 Å². The van der Waals surface area contributed by atoms with Gasteiger partial charge in [-0.1, -0.05) is 0 Å². The van der Waals surface area contributed by atoms with Crippen LogP contribution in [0.2, 0.25) is 0 Å². The Morgan fingerprint density at radius 1 is 1.27 bits per heavy atom. The van der Waals surface area contributed by atoms with Gasteiger partial charge in [-0.25, -0.2) is 0 Å². The van der Waals surface area contributed by atoms with Crippen molar-refractivity contribution >= 4 is 6.21 Å². The summed E-state index contributed by atoms with van der Waals surface area (Å²) in [6.45, 7) is 0.724. The van der Waals surface area contributed by atoms with Crippen LogP contribution in [-0.2, 0) is 19.6 Å². The van der Waals surface area contributed by atoms with Crippen molar-refractivity contribution in [3.05, 3.63) is 23.2 Å². The van der Waals surface area contributed by atoms with Gasteiger partial charge in [-0.2, -0.15) is 9.78 Å². The van der Waals surface area contributed by atoms with Gasteiger partial charge < -0.3 is 9.78 Å². The van der Waals surface area contributed by atoms with E-state index < -0.39 is 0 Å². The third-order valence-corrected chi connectivity index (χ3v) is 2.39. The highest BCUT2D eigenvalue weighted by Gasteiger charge is 2.28. The molecule has 2 aliphatic rings. The molecule has 0 aromatic carbocycles. The number of aliphatic imine (C=N–C) groups is 1. The number of fused-ring (bicyclic) bond motifs is 1. The van der Waals surface area contributed by atoms with Crippen molar-refractivity contribution in [3.63, 3.8) is 0 Å². The number of hydrogen-bond donors (Lipinski definition) is 0. The molecule has 2 rings (SSSR count). The molecule has 0 saturated heterocycles. The number of hydrogen-bond acceptors (Lipinski definition) is 5. The second-order valence-corrected chi connectivity index (χ2v) is 3.31. The Kier molecular flexibility index (Phi) is 3.03. The van der Waals surface area contributed by atoms with Gasteiger partial charge in [-0.3, -0.25) is 4.99 Å². The Labute approximate surface area is 87.8 Å². The molecule has 1 aliphatic heterocycles. The van der Waals surface area contributed by atoms with Crippen molar-refractivity contribution < 1.29 is 19.6 Å². The lowest BCUT2D eigenvalue weighted by Crippen LogP contribution is -2.13. The average Bonchev–Trinajstić information content (AvgIpc) is 2.66. The molecular formula is C10H13NO4. The maximum atomic E-state index is 5.02. The van der Waals surface area contributed by atoms with Crippen LogP contribution >= 0.6 is 0 Å². The van der Waals surface area contributed by atoms with Gasteiger partial charge in [0.15, 0.2) is 5.76 Å². The van der Waals surface area contributed by atoms with E-state index >= 15 is 0 Å². The summed E-state index contributed by atoms with van der Waals surface area (Å²) in [4.78, 5) is 23.5. The highest BCUT2D eigenvalue weighted by atomic mass is 17.2. The van der Waals surface area contributed by atoms with E-state index in [0.29, 0.717) is 23.9 Å². The van der Waals surface area contributed by atoms with Crippen LogP contribution in [0.15, 0.2) is 28.2 Å². The Morgan fingerprint density at radius 3 is 2.80 bits per heavy atom. The number of rotatable bonds is 4.